The van der Waals surface area contributed by atoms with E-state index >= 15 is 0 Å². The Bertz CT molecular complexity index is 461. The molecule has 2 heterocycles. The van der Waals surface area contributed by atoms with E-state index < -0.39 is 0 Å². The van der Waals surface area contributed by atoms with Crippen molar-refractivity contribution in [2.75, 3.05) is 31.6 Å². The summed E-state index contributed by atoms with van der Waals surface area (Å²) in [6, 6.07) is 0.532. The lowest BCUT2D eigenvalue weighted by molar-refractivity contribution is 0.233. The van der Waals surface area contributed by atoms with E-state index in [0.29, 0.717) is 17.1 Å². The molecule has 1 atom stereocenters. The van der Waals surface area contributed by atoms with Gasteiger partial charge in [0.15, 0.2) is 0 Å². The summed E-state index contributed by atoms with van der Waals surface area (Å²) in [6.07, 6.45) is 0. The number of rotatable bonds is 2. The average molecular weight is 283 g/mol. The molecule has 1 aliphatic heterocycles. The Balaban J connectivity index is 2.33. The van der Waals surface area contributed by atoms with E-state index in [1.165, 1.54) is 0 Å². The Morgan fingerprint density at radius 1 is 1.26 bits per heavy atom. The fourth-order valence-electron chi connectivity index (χ4n) is 2.30. The van der Waals surface area contributed by atoms with Crippen molar-refractivity contribution in [3.05, 3.63) is 16.5 Å². The summed E-state index contributed by atoms with van der Waals surface area (Å²) in [5.74, 6) is 2.13. The van der Waals surface area contributed by atoms with Crippen LogP contribution in [-0.4, -0.2) is 47.6 Å². The molecular weight excluding hydrogens is 260 g/mol. The maximum Gasteiger partial charge on any atom is 0.137 e. The number of likely N-dealkylation sites (N-methyl/N-ethyl adjacent to an activating group) is 1. The van der Waals surface area contributed by atoms with Crippen molar-refractivity contribution in [2.24, 2.45) is 0 Å². The van der Waals surface area contributed by atoms with Gasteiger partial charge in [-0.1, -0.05) is 25.4 Å². The maximum absolute atomic E-state index is 6.26. The average Bonchev–Trinajstić information content (AvgIpc) is 2.35. The van der Waals surface area contributed by atoms with E-state index in [1.807, 2.05) is 6.92 Å². The first-order chi connectivity index (χ1) is 8.90. The second-order valence-electron chi connectivity index (χ2n) is 5.75. The van der Waals surface area contributed by atoms with Crippen LogP contribution in [0.4, 0.5) is 5.82 Å². The van der Waals surface area contributed by atoms with Crippen molar-refractivity contribution >= 4 is 17.4 Å². The van der Waals surface area contributed by atoms with Gasteiger partial charge in [-0.15, -0.1) is 0 Å². The lowest BCUT2D eigenvalue weighted by Gasteiger charge is -2.39. The molecule has 106 valence electrons. The van der Waals surface area contributed by atoms with Gasteiger partial charge < -0.3 is 9.80 Å². The fourth-order valence-corrected chi connectivity index (χ4v) is 2.47. The summed E-state index contributed by atoms with van der Waals surface area (Å²) in [5, 5.41) is 0.584. The Morgan fingerprint density at radius 2 is 1.95 bits per heavy atom. The van der Waals surface area contributed by atoms with Gasteiger partial charge >= 0.3 is 0 Å². The molecule has 1 fully saturated rings. The van der Waals surface area contributed by atoms with E-state index in [2.05, 4.69) is 42.6 Å². The second kappa shape index (κ2) is 5.63. The van der Waals surface area contributed by atoms with Crippen LogP contribution in [0.2, 0.25) is 5.15 Å². The summed E-state index contributed by atoms with van der Waals surface area (Å²) in [4.78, 5) is 13.8. The summed E-state index contributed by atoms with van der Waals surface area (Å²) >= 11 is 6.26. The van der Waals surface area contributed by atoms with Gasteiger partial charge in [0.05, 0.1) is 0 Å². The molecule has 1 aromatic heterocycles. The van der Waals surface area contributed by atoms with Crippen LogP contribution < -0.4 is 4.90 Å². The molecule has 0 bridgehead atoms. The summed E-state index contributed by atoms with van der Waals surface area (Å²) in [7, 11) is 2.17. The topological polar surface area (TPSA) is 32.3 Å². The first-order valence-corrected chi connectivity index (χ1v) is 7.27. The molecular formula is C14H23ClN4. The smallest absolute Gasteiger partial charge is 0.137 e. The predicted molar refractivity (Wildman–Crippen MR) is 80.2 cm³/mol. The molecule has 1 aliphatic rings. The standard InChI is InChI=1S/C14H23ClN4/c1-9(2)13-16-12(15)11(4)14(17-13)19-7-6-18(5)10(3)8-19/h9-10H,6-8H2,1-5H3. The molecule has 0 amide bonds. The highest BCUT2D eigenvalue weighted by Crippen LogP contribution is 2.27. The van der Waals surface area contributed by atoms with E-state index in [9.17, 15) is 0 Å². The largest absolute Gasteiger partial charge is 0.353 e. The number of anilines is 1. The third kappa shape index (κ3) is 3.00. The van der Waals surface area contributed by atoms with Crippen LogP contribution in [0.15, 0.2) is 0 Å². The highest BCUT2D eigenvalue weighted by molar-refractivity contribution is 6.30. The highest BCUT2D eigenvalue weighted by Gasteiger charge is 2.24. The van der Waals surface area contributed by atoms with Crippen LogP contribution in [0.5, 0.6) is 0 Å². The minimum atomic E-state index is 0.293. The molecule has 2 rings (SSSR count). The van der Waals surface area contributed by atoms with Crippen molar-refractivity contribution in [3.8, 4) is 0 Å². The van der Waals surface area contributed by atoms with Gasteiger partial charge in [0.25, 0.3) is 0 Å². The van der Waals surface area contributed by atoms with E-state index in [0.717, 1.165) is 36.8 Å². The third-order valence-corrected chi connectivity index (χ3v) is 4.22. The van der Waals surface area contributed by atoms with Crippen molar-refractivity contribution in [1.29, 1.82) is 0 Å². The van der Waals surface area contributed by atoms with Crippen molar-refractivity contribution in [3.63, 3.8) is 0 Å². The molecule has 4 nitrogen and oxygen atoms in total. The SMILES string of the molecule is Cc1c(Cl)nc(C(C)C)nc1N1CCN(C)C(C)C1. The normalized spacial score (nSPS) is 21.2. The van der Waals surface area contributed by atoms with Crippen LogP contribution in [0, 0.1) is 6.92 Å². The molecule has 0 radical (unpaired) electrons. The minimum Gasteiger partial charge on any atom is -0.353 e. The molecule has 1 saturated heterocycles. The van der Waals surface area contributed by atoms with Crippen molar-refractivity contribution in [1.82, 2.24) is 14.9 Å². The molecule has 1 unspecified atom stereocenters. The van der Waals surface area contributed by atoms with E-state index in [4.69, 9.17) is 16.6 Å². The zero-order valence-electron chi connectivity index (χ0n) is 12.4. The molecule has 5 heteroatoms. The Hall–Kier alpha value is -0.870. The monoisotopic (exact) mass is 282 g/mol. The van der Waals surface area contributed by atoms with Crippen LogP contribution in [0.3, 0.4) is 0 Å². The number of halogens is 1. The zero-order chi connectivity index (χ0) is 14.2. The van der Waals surface area contributed by atoms with Gasteiger partial charge in [-0.05, 0) is 20.9 Å². The van der Waals surface area contributed by atoms with E-state index in [-0.39, 0.29) is 0 Å². The van der Waals surface area contributed by atoms with Crippen LogP contribution in [-0.2, 0) is 0 Å². The van der Waals surface area contributed by atoms with Gasteiger partial charge in [-0.25, -0.2) is 9.97 Å². The summed E-state index contributed by atoms with van der Waals surface area (Å²) in [6.45, 7) is 11.5. The fraction of sp³-hybridized carbons (Fsp3) is 0.714. The lowest BCUT2D eigenvalue weighted by atomic mass is 10.1. The molecule has 0 saturated carbocycles. The quantitative estimate of drug-likeness (QED) is 0.781. The first kappa shape index (κ1) is 14.5. The third-order valence-electron chi connectivity index (χ3n) is 3.85. The van der Waals surface area contributed by atoms with Gasteiger partial charge in [0.1, 0.15) is 16.8 Å². The number of piperazine rings is 1. The van der Waals surface area contributed by atoms with Crippen molar-refractivity contribution < 1.29 is 0 Å². The number of hydrogen-bond donors (Lipinski definition) is 0. The molecule has 0 N–H and O–H groups in total. The Morgan fingerprint density at radius 3 is 2.53 bits per heavy atom. The number of hydrogen-bond acceptors (Lipinski definition) is 4. The summed E-state index contributed by atoms with van der Waals surface area (Å²) < 4.78 is 0. The lowest BCUT2D eigenvalue weighted by Crippen LogP contribution is -2.50. The zero-order valence-corrected chi connectivity index (χ0v) is 13.2. The second-order valence-corrected chi connectivity index (χ2v) is 6.11. The first-order valence-electron chi connectivity index (χ1n) is 6.89. The Kier molecular flexibility index (Phi) is 4.31. The molecule has 0 spiro atoms. The predicted octanol–water partition coefficient (Wildman–Crippen LogP) is 2.70. The van der Waals surface area contributed by atoms with Gasteiger partial charge in [-0.2, -0.15) is 0 Å². The number of aromatic nitrogens is 2. The van der Waals surface area contributed by atoms with Gasteiger partial charge in [-0.3, -0.25) is 0 Å². The van der Waals surface area contributed by atoms with Crippen LogP contribution >= 0.6 is 11.6 Å². The number of nitrogens with zero attached hydrogens (tertiary/aromatic N) is 4. The van der Waals surface area contributed by atoms with Crippen LogP contribution in [0.25, 0.3) is 0 Å². The van der Waals surface area contributed by atoms with Gasteiger partial charge in [0.2, 0.25) is 0 Å². The van der Waals surface area contributed by atoms with E-state index in [1.54, 1.807) is 0 Å². The highest BCUT2D eigenvalue weighted by atomic mass is 35.5. The molecule has 0 aliphatic carbocycles. The minimum absolute atomic E-state index is 0.293. The molecule has 0 aromatic carbocycles. The maximum atomic E-state index is 6.26. The summed E-state index contributed by atoms with van der Waals surface area (Å²) in [5.41, 5.74) is 0.989. The van der Waals surface area contributed by atoms with Crippen LogP contribution in [0.1, 0.15) is 38.1 Å². The molecule has 1 aromatic rings. The van der Waals surface area contributed by atoms with Crippen molar-refractivity contribution in [2.45, 2.75) is 39.7 Å². The Labute approximate surface area is 120 Å². The molecule has 19 heavy (non-hydrogen) atoms. The van der Waals surface area contributed by atoms with Gasteiger partial charge in [0, 0.05) is 37.2 Å².